The fourth-order valence-corrected chi connectivity index (χ4v) is 4.29. The molecule has 5 rings (SSSR count). The predicted molar refractivity (Wildman–Crippen MR) is 115 cm³/mol. The van der Waals surface area contributed by atoms with E-state index in [-0.39, 0.29) is 5.91 Å². The zero-order chi connectivity index (χ0) is 19.8. The van der Waals surface area contributed by atoms with Crippen molar-refractivity contribution in [3.63, 3.8) is 0 Å². The van der Waals surface area contributed by atoms with E-state index in [0.717, 1.165) is 48.0 Å². The van der Waals surface area contributed by atoms with Gasteiger partial charge in [-0.2, -0.15) is 0 Å². The van der Waals surface area contributed by atoms with Crippen LogP contribution in [0.3, 0.4) is 0 Å². The van der Waals surface area contributed by atoms with Crippen LogP contribution in [0.2, 0.25) is 0 Å². The first-order valence-corrected chi connectivity index (χ1v) is 9.90. The molecule has 3 aromatic carbocycles. The molecule has 0 radical (unpaired) electrons. The van der Waals surface area contributed by atoms with Gasteiger partial charge in [-0.15, -0.1) is 0 Å². The van der Waals surface area contributed by atoms with Crippen molar-refractivity contribution in [1.82, 2.24) is 4.90 Å². The van der Waals surface area contributed by atoms with Crippen molar-refractivity contribution < 1.29 is 9.53 Å². The zero-order valence-electron chi connectivity index (χ0n) is 16.4. The molecular weight excluding hydrogens is 362 g/mol. The van der Waals surface area contributed by atoms with Gasteiger partial charge in [0, 0.05) is 18.7 Å². The second kappa shape index (κ2) is 7.26. The highest BCUT2D eigenvalue weighted by Crippen LogP contribution is 2.43. The van der Waals surface area contributed by atoms with E-state index >= 15 is 0 Å². The number of hydrogen-bond donors (Lipinski definition) is 1. The number of carbonyl (C=O) groups excluding carboxylic acids is 1. The van der Waals surface area contributed by atoms with Gasteiger partial charge in [-0.25, -0.2) is 0 Å². The third-order valence-electron chi connectivity index (χ3n) is 5.70. The topological polar surface area (TPSA) is 44.8 Å². The van der Waals surface area contributed by atoms with Crippen molar-refractivity contribution in [2.75, 3.05) is 30.4 Å². The summed E-state index contributed by atoms with van der Waals surface area (Å²) >= 11 is 0. The van der Waals surface area contributed by atoms with Gasteiger partial charge >= 0.3 is 0 Å². The van der Waals surface area contributed by atoms with Crippen LogP contribution in [-0.2, 0) is 17.8 Å². The van der Waals surface area contributed by atoms with Crippen LogP contribution < -0.4 is 15.0 Å². The minimum Gasteiger partial charge on any atom is -0.496 e. The van der Waals surface area contributed by atoms with Crippen LogP contribution in [0, 0.1) is 0 Å². The van der Waals surface area contributed by atoms with Crippen LogP contribution in [0.5, 0.6) is 5.75 Å². The van der Waals surface area contributed by atoms with Crippen molar-refractivity contribution in [3.8, 4) is 5.75 Å². The Balaban J connectivity index is 1.43. The molecule has 0 saturated heterocycles. The van der Waals surface area contributed by atoms with E-state index < -0.39 is 0 Å². The lowest BCUT2D eigenvalue weighted by Gasteiger charge is -2.35. The van der Waals surface area contributed by atoms with Gasteiger partial charge in [-0.05, 0) is 42.3 Å². The third kappa shape index (κ3) is 3.13. The quantitative estimate of drug-likeness (QED) is 0.722. The second-order valence-corrected chi connectivity index (χ2v) is 7.45. The van der Waals surface area contributed by atoms with Crippen LogP contribution in [0.4, 0.5) is 22.7 Å². The molecule has 2 aliphatic rings. The Bertz CT molecular complexity index is 1020. The molecule has 0 saturated carbocycles. The number of amides is 1. The lowest BCUT2D eigenvalue weighted by atomic mass is 9.98. The summed E-state index contributed by atoms with van der Waals surface area (Å²) in [6.45, 7) is 1.95. The molecule has 0 atom stereocenters. The summed E-state index contributed by atoms with van der Waals surface area (Å²) in [5.74, 6) is 0.974. The van der Waals surface area contributed by atoms with Crippen molar-refractivity contribution in [2.24, 2.45) is 0 Å². The SMILES string of the molecule is COc1cccc2c1CN(CC(=O)N1c3ccccc3Nc3ccccc31)CC2. The smallest absolute Gasteiger partial charge is 0.245 e. The predicted octanol–water partition coefficient (Wildman–Crippen LogP) is 4.48. The summed E-state index contributed by atoms with van der Waals surface area (Å²) in [5, 5.41) is 3.43. The molecule has 2 aliphatic heterocycles. The molecule has 2 heterocycles. The molecule has 0 spiro atoms. The fourth-order valence-electron chi connectivity index (χ4n) is 4.29. The van der Waals surface area contributed by atoms with Gasteiger partial charge in [0.15, 0.2) is 0 Å². The number of methoxy groups -OCH3 is 1. The Labute approximate surface area is 170 Å². The number of nitrogens with zero attached hydrogens (tertiary/aromatic N) is 2. The number of anilines is 4. The van der Waals surface area contributed by atoms with Crippen LogP contribution in [0.15, 0.2) is 66.7 Å². The van der Waals surface area contributed by atoms with Gasteiger partial charge in [0.25, 0.3) is 0 Å². The maximum absolute atomic E-state index is 13.5. The first-order valence-electron chi connectivity index (χ1n) is 9.90. The maximum atomic E-state index is 13.5. The van der Waals surface area contributed by atoms with E-state index in [1.165, 1.54) is 11.1 Å². The van der Waals surface area contributed by atoms with Crippen molar-refractivity contribution in [3.05, 3.63) is 77.9 Å². The van der Waals surface area contributed by atoms with Gasteiger partial charge in [-0.1, -0.05) is 36.4 Å². The highest BCUT2D eigenvalue weighted by atomic mass is 16.5. The summed E-state index contributed by atoms with van der Waals surface area (Å²) in [5.41, 5.74) is 6.19. The first kappa shape index (κ1) is 17.8. The van der Waals surface area contributed by atoms with E-state index in [4.69, 9.17) is 4.74 Å². The largest absolute Gasteiger partial charge is 0.496 e. The van der Waals surface area contributed by atoms with Gasteiger partial charge in [0.1, 0.15) is 5.75 Å². The molecular formula is C24H23N3O2. The summed E-state index contributed by atoms with van der Waals surface area (Å²) in [7, 11) is 1.70. The van der Waals surface area contributed by atoms with E-state index in [0.29, 0.717) is 6.54 Å². The van der Waals surface area contributed by atoms with E-state index in [1.54, 1.807) is 7.11 Å². The first-order chi connectivity index (χ1) is 14.2. The Morgan fingerprint density at radius 1 is 0.966 bits per heavy atom. The Morgan fingerprint density at radius 3 is 2.34 bits per heavy atom. The number of hydrogen-bond acceptors (Lipinski definition) is 4. The number of fused-ring (bicyclic) bond motifs is 3. The summed E-state index contributed by atoms with van der Waals surface area (Å²) < 4.78 is 5.54. The molecule has 0 aliphatic carbocycles. The number of carbonyl (C=O) groups is 1. The van der Waals surface area contributed by atoms with Gasteiger partial charge in [-0.3, -0.25) is 14.6 Å². The minimum atomic E-state index is 0.0738. The number of para-hydroxylation sites is 4. The molecule has 146 valence electrons. The summed E-state index contributed by atoms with van der Waals surface area (Å²) in [6, 6.07) is 22.1. The van der Waals surface area contributed by atoms with Crippen LogP contribution in [-0.4, -0.2) is 31.0 Å². The molecule has 5 heteroatoms. The van der Waals surface area contributed by atoms with Gasteiger partial charge in [0.05, 0.1) is 36.4 Å². The summed E-state index contributed by atoms with van der Waals surface area (Å²) in [4.78, 5) is 17.5. The van der Waals surface area contributed by atoms with Gasteiger partial charge in [0.2, 0.25) is 5.91 Å². The Kier molecular flexibility index (Phi) is 4.45. The molecule has 0 unspecified atom stereocenters. The molecule has 5 nitrogen and oxygen atoms in total. The average molecular weight is 385 g/mol. The monoisotopic (exact) mass is 385 g/mol. The van der Waals surface area contributed by atoms with Crippen LogP contribution in [0.1, 0.15) is 11.1 Å². The van der Waals surface area contributed by atoms with Crippen LogP contribution >= 0.6 is 0 Å². The molecule has 1 amide bonds. The molecule has 3 aromatic rings. The normalized spacial score (nSPS) is 15.0. The van der Waals surface area contributed by atoms with E-state index in [1.807, 2.05) is 65.6 Å². The minimum absolute atomic E-state index is 0.0738. The number of rotatable bonds is 3. The number of benzene rings is 3. The lowest BCUT2D eigenvalue weighted by Crippen LogP contribution is -2.41. The number of ether oxygens (including phenoxy) is 1. The Morgan fingerprint density at radius 2 is 1.66 bits per heavy atom. The number of nitrogens with one attached hydrogen (secondary N) is 1. The van der Waals surface area contributed by atoms with Crippen LogP contribution in [0.25, 0.3) is 0 Å². The molecule has 1 N–H and O–H groups in total. The maximum Gasteiger partial charge on any atom is 0.245 e. The standard InChI is InChI=1S/C24H23N3O2/c1-29-23-12-6-7-17-13-14-26(15-18(17)23)16-24(28)27-21-10-4-2-8-19(21)25-20-9-3-5-11-22(20)27/h2-12,25H,13-16H2,1H3. The summed E-state index contributed by atoms with van der Waals surface area (Å²) in [6.07, 6.45) is 0.925. The Hall–Kier alpha value is -3.31. The fraction of sp³-hybridized carbons (Fsp3) is 0.208. The molecule has 0 bridgehead atoms. The third-order valence-corrected chi connectivity index (χ3v) is 5.70. The molecule has 0 fully saturated rings. The van der Waals surface area contributed by atoms with E-state index in [2.05, 4.69) is 16.3 Å². The van der Waals surface area contributed by atoms with Crippen molar-refractivity contribution in [2.45, 2.75) is 13.0 Å². The van der Waals surface area contributed by atoms with Crippen molar-refractivity contribution in [1.29, 1.82) is 0 Å². The molecule has 0 aromatic heterocycles. The zero-order valence-corrected chi connectivity index (χ0v) is 16.4. The molecule has 29 heavy (non-hydrogen) atoms. The lowest BCUT2D eigenvalue weighted by molar-refractivity contribution is -0.119. The van der Waals surface area contributed by atoms with Crippen molar-refractivity contribution >= 4 is 28.7 Å². The van der Waals surface area contributed by atoms with E-state index in [9.17, 15) is 4.79 Å². The highest BCUT2D eigenvalue weighted by molar-refractivity contribution is 6.09. The van der Waals surface area contributed by atoms with Gasteiger partial charge < -0.3 is 10.1 Å². The average Bonchev–Trinajstić information content (AvgIpc) is 2.76. The second-order valence-electron chi connectivity index (χ2n) is 7.45. The highest BCUT2D eigenvalue weighted by Gasteiger charge is 2.29.